The van der Waals surface area contributed by atoms with Crippen LogP contribution in [-0.4, -0.2) is 62.3 Å². The quantitative estimate of drug-likeness (QED) is 0.794. The molecule has 1 heterocycles. The van der Waals surface area contributed by atoms with Crippen molar-refractivity contribution < 1.29 is 26.4 Å². The Labute approximate surface area is 109 Å². The molecular formula is C9H16F3N3O3S. The van der Waals surface area contributed by atoms with Crippen molar-refractivity contribution in [3.8, 4) is 0 Å². The second kappa shape index (κ2) is 5.63. The molecule has 10 heteroatoms. The molecule has 1 N–H and O–H groups in total. The third-order valence-corrected chi connectivity index (χ3v) is 4.77. The van der Waals surface area contributed by atoms with Gasteiger partial charge in [-0.2, -0.15) is 30.2 Å². The number of amides is 1. The fourth-order valence-corrected chi connectivity index (χ4v) is 2.86. The molecule has 0 saturated carbocycles. The average molecular weight is 303 g/mol. The van der Waals surface area contributed by atoms with Crippen LogP contribution in [-0.2, 0) is 15.0 Å². The highest BCUT2D eigenvalue weighted by Gasteiger charge is 2.40. The Morgan fingerprint density at radius 2 is 1.74 bits per heavy atom. The second-order valence-electron chi connectivity index (χ2n) is 4.43. The molecule has 1 rings (SSSR count). The van der Waals surface area contributed by atoms with E-state index < -0.39 is 28.3 Å². The van der Waals surface area contributed by atoms with Gasteiger partial charge in [0.1, 0.15) is 0 Å². The summed E-state index contributed by atoms with van der Waals surface area (Å²) in [5.41, 5.74) is 0. The molecule has 1 amide bonds. The zero-order valence-corrected chi connectivity index (χ0v) is 11.4. The Hall–Kier alpha value is -0.870. The third kappa shape index (κ3) is 4.05. The summed E-state index contributed by atoms with van der Waals surface area (Å²) in [6, 6.07) is -0.650. The van der Waals surface area contributed by atoms with Crippen LogP contribution in [0.25, 0.3) is 0 Å². The van der Waals surface area contributed by atoms with Crippen LogP contribution in [0.1, 0.15) is 12.8 Å². The highest BCUT2D eigenvalue weighted by molar-refractivity contribution is 7.86. The summed E-state index contributed by atoms with van der Waals surface area (Å²) in [5, 5.41) is 1.86. The predicted molar refractivity (Wildman–Crippen MR) is 61.4 cm³/mol. The number of rotatable bonds is 3. The first kappa shape index (κ1) is 16.2. The summed E-state index contributed by atoms with van der Waals surface area (Å²) in [4.78, 5) is 10.7. The molecule has 0 aromatic carbocycles. The SMILES string of the molecule is CN(C)S(=O)(=O)N1CCC(NC(=O)C(F)(F)F)CC1. The van der Waals surface area contributed by atoms with E-state index in [1.54, 1.807) is 0 Å². The third-order valence-electron chi connectivity index (χ3n) is 2.83. The maximum Gasteiger partial charge on any atom is 0.471 e. The van der Waals surface area contributed by atoms with Crippen molar-refractivity contribution in [2.45, 2.75) is 25.1 Å². The molecule has 0 unspecified atom stereocenters. The van der Waals surface area contributed by atoms with Crippen molar-refractivity contribution in [3.63, 3.8) is 0 Å². The van der Waals surface area contributed by atoms with E-state index in [1.165, 1.54) is 18.4 Å². The molecule has 0 radical (unpaired) electrons. The van der Waals surface area contributed by atoms with E-state index in [0.717, 1.165) is 4.31 Å². The fourth-order valence-electron chi connectivity index (χ4n) is 1.73. The Morgan fingerprint density at radius 1 is 1.26 bits per heavy atom. The maximum absolute atomic E-state index is 12.1. The highest BCUT2D eigenvalue weighted by Crippen LogP contribution is 2.19. The minimum absolute atomic E-state index is 0.0866. The van der Waals surface area contributed by atoms with Crippen LogP contribution >= 0.6 is 0 Å². The van der Waals surface area contributed by atoms with Gasteiger partial charge < -0.3 is 5.32 Å². The lowest BCUT2D eigenvalue weighted by Crippen LogP contribution is -2.51. The number of carbonyl (C=O) groups excluding carboxylic acids is 1. The molecule has 1 fully saturated rings. The standard InChI is InChI=1S/C9H16F3N3O3S/c1-14(2)19(17,18)15-5-3-7(4-6-15)13-8(16)9(10,11)12/h7H,3-6H2,1-2H3,(H,13,16). The number of nitrogens with zero attached hydrogens (tertiary/aromatic N) is 2. The first-order chi connectivity index (χ1) is 8.55. The van der Waals surface area contributed by atoms with Gasteiger partial charge in [0.05, 0.1) is 0 Å². The number of carbonyl (C=O) groups is 1. The lowest BCUT2D eigenvalue weighted by molar-refractivity contribution is -0.174. The van der Waals surface area contributed by atoms with Gasteiger partial charge in [-0.25, -0.2) is 0 Å². The summed E-state index contributed by atoms with van der Waals surface area (Å²) in [6.45, 7) is 0.173. The van der Waals surface area contributed by atoms with Gasteiger partial charge in [-0.3, -0.25) is 4.79 Å². The van der Waals surface area contributed by atoms with E-state index in [-0.39, 0.29) is 25.9 Å². The van der Waals surface area contributed by atoms with E-state index in [0.29, 0.717) is 0 Å². The zero-order valence-electron chi connectivity index (χ0n) is 10.6. The molecule has 19 heavy (non-hydrogen) atoms. The molecule has 1 aliphatic heterocycles. The van der Waals surface area contributed by atoms with Crippen LogP contribution in [0, 0.1) is 0 Å². The van der Waals surface area contributed by atoms with Crippen molar-refractivity contribution in [3.05, 3.63) is 0 Å². The minimum atomic E-state index is -4.91. The maximum atomic E-state index is 12.1. The fraction of sp³-hybridized carbons (Fsp3) is 0.889. The van der Waals surface area contributed by atoms with Gasteiger partial charge in [-0.15, -0.1) is 0 Å². The van der Waals surface area contributed by atoms with Gasteiger partial charge >= 0.3 is 12.1 Å². The van der Waals surface area contributed by atoms with Gasteiger partial charge in [-0.05, 0) is 12.8 Å². The van der Waals surface area contributed by atoms with Crippen LogP contribution in [0.5, 0.6) is 0 Å². The van der Waals surface area contributed by atoms with Crippen LogP contribution in [0.3, 0.4) is 0 Å². The molecule has 0 aromatic heterocycles. The molecule has 0 aliphatic carbocycles. The summed E-state index contributed by atoms with van der Waals surface area (Å²) in [5.74, 6) is -1.98. The summed E-state index contributed by atoms with van der Waals surface area (Å²) >= 11 is 0. The summed E-state index contributed by atoms with van der Waals surface area (Å²) in [6.07, 6.45) is -4.59. The monoisotopic (exact) mass is 303 g/mol. The normalized spacial score (nSPS) is 19.7. The van der Waals surface area contributed by atoms with E-state index in [4.69, 9.17) is 0 Å². The molecule has 1 aliphatic rings. The lowest BCUT2D eigenvalue weighted by Gasteiger charge is -2.33. The number of hydrogen-bond acceptors (Lipinski definition) is 3. The Balaban J connectivity index is 2.53. The summed E-state index contributed by atoms with van der Waals surface area (Å²) < 4.78 is 61.9. The second-order valence-corrected chi connectivity index (χ2v) is 6.58. The lowest BCUT2D eigenvalue weighted by atomic mass is 10.1. The number of nitrogens with one attached hydrogen (secondary N) is 1. The van der Waals surface area contributed by atoms with Crippen molar-refractivity contribution >= 4 is 16.1 Å². The average Bonchev–Trinajstić information content (AvgIpc) is 2.28. The van der Waals surface area contributed by atoms with Gasteiger partial charge in [0.2, 0.25) is 0 Å². The number of alkyl halides is 3. The van der Waals surface area contributed by atoms with Crippen LogP contribution < -0.4 is 5.32 Å². The van der Waals surface area contributed by atoms with E-state index in [2.05, 4.69) is 0 Å². The van der Waals surface area contributed by atoms with Crippen molar-refractivity contribution in [2.24, 2.45) is 0 Å². The molecule has 0 spiro atoms. The van der Waals surface area contributed by atoms with E-state index in [1.807, 2.05) is 5.32 Å². The predicted octanol–water partition coefficient (Wildman–Crippen LogP) is -0.0643. The highest BCUT2D eigenvalue weighted by atomic mass is 32.2. The van der Waals surface area contributed by atoms with Crippen molar-refractivity contribution in [1.82, 2.24) is 13.9 Å². The smallest absolute Gasteiger partial charge is 0.345 e. The first-order valence-corrected chi connectivity index (χ1v) is 7.00. The van der Waals surface area contributed by atoms with Gasteiger partial charge in [0, 0.05) is 33.2 Å². The first-order valence-electron chi connectivity index (χ1n) is 5.60. The molecule has 0 aromatic rings. The van der Waals surface area contributed by atoms with E-state index in [9.17, 15) is 26.4 Å². The Bertz CT molecular complexity index is 428. The molecule has 6 nitrogen and oxygen atoms in total. The minimum Gasteiger partial charge on any atom is -0.345 e. The van der Waals surface area contributed by atoms with Crippen LogP contribution in [0.15, 0.2) is 0 Å². The largest absolute Gasteiger partial charge is 0.471 e. The van der Waals surface area contributed by atoms with E-state index >= 15 is 0 Å². The number of hydrogen-bond donors (Lipinski definition) is 1. The summed E-state index contributed by atoms with van der Waals surface area (Å²) in [7, 11) is -0.785. The zero-order chi connectivity index (χ0) is 14.8. The van der Waals surface area contributed by atoms with Gasteiger partial charge in [-0.1, -0.05) is 0 Å². The molecule has 0 bridgehead atoms. The van der Waals surface area contributed by atoms with Crippen LogP contribution in [0.4, 0.5) is 13.2 Å². The molecule has 112 valence electrons. The Morgan fingerprint density at radius 3 is 2.11 bits per heavy atom. The van der Waals surface area contributed by atoms with Gasteiger partial charge in [0.15, 0.2) is 0 Å². The topological polar surface area (TPSA) is 69.7 Å². The van der Waals surface area contributed by atoms with Crippen molar-refractivity contribution in [2.75, 3.05) is 27.2 Å². The van der Waals surface area contributed by atoms with Gasteiger partial charge in [0.25, 0.3) is 10.2 Å². The number of halogens is 3. The molecule has 1 saturated heterocycles. The Kier molecular flexibility index (Phi) is 4.80. The number of piperidine rings is 1. The molecular weight excluding hydrogens is 287 g/mol. The van der Waals surface area contributed by atoms with Crippen LogP contribution in [0.2, 0.25) is 0 Å². The van der Waals surface area contributed by atoms with Crippen molar-refractivity contribution in [1.29, 1.82) is 0 Å². The molecule has 0 atom stereocenters.